The van der Waals surface area contributed by atoms with E-state index in [1.165, 1.54) is 6.07 Å². The number of esters is 3. The van der Waals surface area contributed by atoms with Gasteiger partial charge in [0.25, 0.3) is 5.69 Å². The van der Waals surface area contributed by atoms with E-state index in [4.69, 9.17) is 9.47 Å². The molecule has 13 nitrogen and oxygen atoms in total. The van der Waals surface area contributed by atoms with E-state index in [-0.39, 0.29) is 11.3 Å². The maximum atomic E-state index is 13.3. The molecule has 0 aliphatic heterocycles. The van der Waals surface area contributed by atoms with Crippen LogP contribution in [-0.4, -0.2) is 66.0 Å². The van der Waals surface area contributed by atoms with Crippen molar-refractivity contribution >= 4 is 78.9 Å². The first-order valence-electron chi connectivity index (χ1n) is 9.36. The van der Waals surface area contributed by atoms with Crippen molar-refractivity contribution in [3.63, 3.8) is 0 Å². The van der Waals surface area contributed by atoms with Crippen molar-refractivity contribution in [3.05, 3.63) is 64.3 Å². The summed E-state index contributed by atoms with van der Waals surface area (Å²) in [6.07, 6.45) is 0. The Balaban J connectivity index is 2.12. The minimum Gasteiger partial charge on any atom is -0.743 e. The number of non-ortho nitro benzene ring substituents is 1. The van der Waals surface area contributed by atoms with Crippen molar-refractivity contribution in [2.45, 2.75) is 5.25 Å². The fourth-order valence-electron chi connectivity index (χ4n) is 2.44. The number of halogens is 4. The van der Waals surface area contributed by atoms with Gasteiger partial charge in [-0.25, -0.2) is 22.8 Å². The number of hydrogen-bond acceptors (Lipinski definition) is 12. The molecule has 0 unspecified atom stereocenters. The zero-order chi connectivity index (χ0) is 28.1. The molecular weight excluding hydrogens is 758 g/mol. The lowest BCUT2D eigenvalue weighted by molar-refractivity contribution is -0.384. The van der Waals surface area contributed by atoms with E-state index < -0.39 is 74.8 Å². The van der Waals surface area contributed by atoms with Crippen LogP contribution < -0.4 is 0 Å². The van der Waals surface area contributed by atoms with Crippen LogP contribution in [0.3, 0.4) is 0 Å². The van der Waals surface area contributed by atoms with Gasteiger partial charge in [-0.1, -0.05) is 0 Å². The maximum Gasteiger partial charge on any atom is 0.367 e. The summed E-state index contributed by atoms with van der Waals surface area (Å²) in [7, 11) is -6.20. The lowest BCUT2D eigenvalue weighted by Crippen LogP contribution is -2.35. The molecule has 0 bridgehead atoms. The second-order valence-corrected chi connectivity index (χ2v) is 10.6. The van der Waals surface area contributed by atoms with Crippen LogP contribution in [0.5, 0.6) is 5.75 Å². The number of phenols is 1. The molecule has 0 amide bonds. The normalized spacial score (nSPS) is 11.5. The zero-order valence-electron chi connectivity index (χ0n) is 17.8. The molecular formula is C19H12F2I2NO12S-. The van der Waals surface area contributed by atoms with Crippen LogP contribution >= 0.6 is 45.2 Å². The fraction of sp³-hybridized carbons (Fsp3) is 0.211. The Labute approximate surface area is 233 Å². The van der Waals surface area contributed by atoms with Gasteiger partial charge >= 0.3 is 23.2 Å². The number of alkyl halides is 2. The highest BCUT2D eigenvalue weighted by Crippen LogP contribution is 2.28. The Morgan fingerprint density at radius 3 is 2.03 bits per heavy atom. The largest absolute Gasteiger partial charge is 0.743 e. The molecule has 18 heteroatoms. The number of carbonyl (C=O) groups excluding carboxylic acids is 3. The Kier molecular flexibility index (Phi) is 10.1. The van der Waals surface area contributed by atoms with Gasteiger partial charge in [0.15, 0.2) is 16.7 Å². The second-order valence-electron chi connectivity index (χ2n) is 6.71. The minimum absolute atomic E-state index is 0.153. The smallest absolute Gasteiger partial charge is 0.367 e. The number of ether oxygens (including phenoxy) is 3. The molecule has 0 aromatic heterocycles. The number of nitrogens with zero attached hydrogens (tertiary/aromatic N) is 1. The molecule has 0 spiro atoms. The van der Waals surface area contributed by atoms with E-state index in [1.54, 1.807) is 28.7 Å². The summed E-state index contributed by atoms with van der Waals surface area (Å²) in [5, 5.41) is 16.0. The number of hydrogen-bond donors (Lipinski definition) is 1. The van der Waals surface area contributed by atoms with Crippen LogP contribution in [0.15, 0.2) is 30.3 Å². The number of nitro benzene ring substituents is 1. The van der Waals surface area contributed by atoms with E-state index in [0.717, 1.165) is 12.1 Å². The van der Waals surface area contributed by atoms with Crippen LogP contribution in [-0.2, 0) is 24.3 Å². The summed E-state index contributed by atoms with van der Waals surface area (Å²) < 4.78 is 73.1. The Hall–Kier alpha value is -2.72. The highest BCUT2D eigenvalue weighted by molar-refractivity contribution is 14.1. The average Bonchev–Trinajstić information content (AvgIpc) is 2.81. The lowest BCUT2D eigenvalue weighted by Gasteiger charge is -2.19. The molecule has 2 rings (SSSR count). The maximum absolute atomic E-state index is 13.3. The van der Waals surface area contributed by atoms with Crippen molar-refractivity contribution in [1.29, 1.82) is 0 Å². The molecule has 200 valence electrons. The van der Waals surface area contributed by atoms with Gasteiger partial charge < -0.3 is 23.9 Å². The Morgan fingerprint density at radius 2 is 1.49 bits per heavy atom. The van der Waals surface area contributed by atoms with E-state index >= 15 is 0 Å². The van der Waals surface area contributed by atoms with Gasteiger partial charge in [-0.05, 0) is 63.4 Å². The fourth-order valence-corrected chi connectivity index (χ4v) is 4.49. The van der Waals surface area contributed by atoms with Crippen LogP contribution in [0.25, 0.3) is 0 Å². The molecule has 37 heavy (non-hydrogen) atoms. The topological polar surface area (TPSA) is 199 Å². The summed E-state index contributed by atoms with van der Waals surface area (Å²) >= 11 is 3.71. The number of phenolic OH excluding ortho intramolecular Hbond substituents is 1. The second kappa shape index (κ2) is 12.2. The third kappa shape index (κ3) is 7.88. The predicted molar refractivity (Wildman–Crippen MR) is 132 cm³/mol. The van der Waals surface area contributed by atoms with Crippen molar-refractivity contribution in [2.24, 2.45) is 0 Å². The number of nitro groups is 1. The first kappa shape index (κ1) is 30.5. The van der Waals surface area contributed by atoms with Crippen molar-refractivity contribution in [2.75, 3.05) is 19.8 Å². The Morgan fingerprint density at radius 1 is 0.946 bits per heavy atom. The van der Waals surface area contributed by atoms with Gasteiger partial charge in [-0.15, -0.1) is 0 Å². The summed E-state index contributed by atoms with van der Waals surface area (Å²) in [5.74, 6) is -4.37. The minimum atomic E-state index is -6.20. The van der Waals surface area contributed by atoms with Crippen molar-refractivity contribution < 1.29 is 60.4 Å². The first-order valence-corrected chi connectivity index (χ1v) is 12.9. The molecule has 0 atom stereocenters. The molecule has 2 aromatic rings. The summed E-state index contributed by atoms with van der Waals surface area (Å²) in [5.41, 5.74) is -2.54. The van der Waals surface area contributed by atoms with E-state index in [0.29, 0.717) is 13.2 Å². The molecule has 0 aliphatic rings. The highest BCUT2D eigenvalue weighted by atomic mass is 127. The molecule has 0 saturated carbocycles. The third-order valence-corrected chi connectivity index (χ3v) is 6.48. The summed E-state index contributed by atoms with van der Waals surface area (Å²) in [6, 6.07) is 4.97. The SMILES string of the molecule is O=C(OCCOC(=O)c1cc(I)cc(I)c1O)c1ccc([N+](=O)[O-])cc1C(=O)OCC(F)(F)S(=O)(=O)[O-]. The van der Waals surface area contributed by atoms with Crippen molar-refractivity contribution in [3.8, 4) is 5.75 Å². The van der Waals surface area contributed by atoms with Gasteiger partial charge in [-0.2, -0.15) is 8.78 Å². The van der Waals surface area contributed by atoms with Crippen LogP contribution in [0.2, 0.25) is 0 Å². The number of aromatic hydroxyl groups is 1. The number of benzene rings is 2. The van der Waals surface area contributed by atoms with Crippen LogP contribution in [0, 0.1) is 17.3 Å². The third-order valence-electron chi connectivity index (χ3n) is 4.19. The van der Waals surface area contributed by atoms with E-state index in [1.807, 2.05) is 22.6 Å². The standard InChI is InChI=1S/C19H13F2I2NO12S/c20-19(21,37(31,32)33)8-36-17(27)12-7-10(24(29)30)1-2-11(12)16(26)34-3-4-35-18(28)13-5-9(22)6-14(23)15(13)25/h1-2,5-7,25H,3-4,8H2,(H,31,32,33)/p-1. The number of carbonyl (C=O) groups is 3. The Bertz CT molecular complexity index is 1370. The molecule has 0 heterocycles. The molecule has 0 radical (unpaired) electrons. The molecule has 2 aromatic carbocycles. The first-order chi connectivity index (χ1) is 17.0. The van der Waals surface area contributed by atoms with Gasteiger partial charge in [0, 0.05) is 15.7 Å². The number of rotatable bonds is 10. The summed E-state index contributed by atoms with van der Waals surface area (Å²) in [6.45, 7) is -3.33. The quantitative estimate of drug-likeness (QED) is 0.0706. The highest BCUT2D eigenvalue weighted by Gasteiger charge is 2.40. The van der Waals surface area contributed by atoms with Gasteiger partial charge in [0.05, 0.1) is 19.6 Å². The van der Waals surface area contributed by atoms with Gasteiger partial charge in [-0.3, -0.25) is 10.1 Å². The van der Waals surface area contributed by atoms with Gasteiger partial charge in [0.2, 0.25) is 0 Å². The average molecular weight is 770 g/mol. The monoisotopic (exact) mass is 770 g/mol. The van der Waals surface area contributed by atoms with Crippen LogP contribution in [0.4, 0.5) is 14.5 Å². The molecule has 0 aliphatic carbocycles. The molecule has 0 fully saturated rings. The lowest BCUT2D eigenvalue weighted by atomic mass is 10.1. The predicted octanol–water partition coefficient (Wildman–Crippen LogP) is 2.82. The van der Waals surface area contributed by atoms with E-state index in [9.17, 15) is 51.4 Å². The van der Waals surface area contributed by atoms with Gasteiger partial charge in [0.1, 0.15) is 24.5 Å². The molecule has 1 N–H and O–H groups in total. The molecule has 0 saturated heterocycles. The van der Waals surface area contributed by atoms with Crippen molar-refractivity contribution in [1.82, 2.24) is 0 Å². The zero-order valence-corrected chi connectivity index (χ0v) is 22.9. The van der Waals surface area contributed by atoms with Crippen LogP contribution in [0.1, 0.15) is 31.1 Å². The van der Waals surface area contributed by atoms with E-state index in [2.05, 4.69) is 4.74 Å². The summed E-state index contributed by atoms with van der Waals surface area (Å²) in [4.78, 5) is 46.8.